The molecule has 8 nitrogen and oxygen atoms in total. The van der Waals surface area contributed by atoms with E-state index in [0.717, 1.165) is 35.7 Å². The third-order valence-electron chi connectivity index (χ3n) is 6.08. The Bertz CT molecular complexity index is 959. The van der Waals surface area contributed by atoms with Gasteiger partial charge in [-0.05, 0) is 19.3 Å². The summed E-state index contributed by atoms with van der Waals surface area (Å²) < 4.78 is 21.0. The Morgan fingerprint density at radius 1 is 1.41 bits per heavy atom. The second kappa shape index (κ2) is 6.98. The highest BCUT2D eigenvalue weighted by Gasteiger charge is 2.53. The summed E-state index contributed by atoms with van der Waals surface area (Å²) in [6.07, 6.45) is 7.42. The zero-order valence-corrected chi connectivity index (χ0v) is 16.6. The number of hydrogen-bond donors (Lipinski definition) is 2. The molecule has 9 heteroatoms. The maximum atomic E-state index is 14.2. The highest BCUT2D eigenvalue weighted by Crippen LogP contribution is 2.54. The van der Waals surface area contributed by atoms with Gasteiger partial charge in [0, 0.05) is 43.9 Å². The van der Waals surface area contributed by atoms with Gasteiger partial charge in [-0.3, -0.25) is 0 Å². The van der Waals surface area contributed by atoms with Crippen molar-refractivity contribution >= 4 is 22.9 Å². The van der Waals surface area contributed by atoms with Gasteiger partial charge in [0.2, 0.25) is 5.95 Å². The number of hydrogen-bond acceptors (Lipinski definition) is 7. The van der Waals surface area contributed by atoms with Gasteiger partial charge in [0.05, 0.1) is 12.6 Å². The molecule has 3 fully saturated rings. The van der Waals surface area contributed by atoms with Crippen molar-refractivity contribution in [2.75, 3.05) is 43.6 Å². The molecule has 2 N–H and O–H groups in total. The van der Waals surface area contributed by atoms with Crippen molar-refractivity contribution in [1.29, 1.82) is 0 Å². The van der Waals surface area contributed by atoms with Crippen molar-refractivity contribution in [3.63, 3.8) is 0 Å². The van der Waals surface area contributed by atoms with Gasteiger partial charge in [0.1, 0.15) is 23.9 Å². The molecular weight excluding hydrogens is 373 g/mol. The first kappa shape index (κ1) is 18.4. The lowest BCUT2D eigenvalue weighted by Crippen LogP contribution is -2.49. The number of aromatic nitrogens is 4. The molecule has 5 rings (SSSR count). The molecule has 3 aliphatic rings. The number of fused-ring (bicyclic) bond motifs is 1. The molecule has 1 spiro atoms. The Labute approximate surface area is 168 Å². The van der Waals surface area contributed by atoms with Crippen LogP contribution < -0.4 is 15.5 Å². The van der Waals surface area contributed by atoms with E-state index in [-0.39, 0.29) is 12.6 Å². The van der Waals surface area contributed by atoms with Crippen molar-refractivity contribution in [2.45, 2.75) is 31.5 Å². The Morgan fingerprint density at radius 2 is 2.24 bits per heavy atom. The molecule has 1 saturated carbocycles. The number of ether oxygens (including phenoxy) is 1. The summed E-state index contributed by atoms with van der Waals surface area (Å²) >= 11 is 0. The second-order valence-corrected chi connectivity index (χ2v) is 8.22. The van der Waals surface area contributed by atoms with Crippen LogP contribution in [-0.4, -0.2) is 65.1 Å². The van der Waals surface area contributed by atoms with Crippen molar-refractivity contribution in [3.8, 4) is 0 Å². The predicted octanol–water partition coefficient (Wildman–Crippen LogP) is 2.01. The van der Waals surface area contributed by atoms with Crippen LogP contribution >= 0.6 is 0 Å². The first-order valence-electron chi connectivity index (χ1n) is 10.1. The molecule has 29 heavy (non-hydrogen) atoms. The van der Waals surface area contributed by atoms with Crippen LogP contribution in [0.1, 0.15) is 25.0 Å². The predicted molar refractivity (Wildman–Crippen MR) is 110 cm³/mol. The molecule has 0 amide bonds. The van der Waals surface area contributed by atoms with Gasteiger partial charge in [-0.1, -0.05) is 12.7 Å². The smallest absolute Gasteiger partial charge is 0.243 e. The number of nitrogens with one attached hydrogen (secondary N) is 2. The van der Waals surface area contributed by atoms with E-state index in [2.05, 4.69) is 32.2 Å². The monoisotopic (exact) mass is 399 g/mol. The molecule has 0 unspecified atom stereocenters. The van der Waals surface area contributed by atoms with Crippen LogP contribution in [0.25, 0.3) is 11.2 Å². The molecule has 2 atom stereocenters. The second-order valence-electron chi connectivity index (χ2n) is 8.22. The lowest BCUT2D eigenvalue weighted by atomic mass is 9.95. The van der Waals surface area contributed by atoms with Gasteiger partial charge in [-0.2, -0.15) is 9.50 Å². The Hall–Kier alpha value is -2.68. The fourth-order valence-corrected chi connectivity index (χ4v) is 4.23. The summed E-state index contributed by atoms with van der Waals surface area (Å²) in [5.74, 6) is 0.416. The van der Waals surface area contributed by atoms with E-state index < -0.39 is 6.17 Å². The third kappa shape index (κ3) is 3.23. The Morgan fingerprint density at radius 3 is 2.93 bits per heavy atom. The van der Waals surface area contributed by atoms with E-state index in [4.69, 9.17) is 9.72 Å². The standard InChI is InChI=1S/C20H26FN7O/c1-3-13(8-22-2)16-17(27-10-20(11-27)5-6-20)18-25-19(26-28(18)12-23-16)24-15-4-7-29-9-14(15)21/h3,8,12,14-15,22H,1,4-7,9-11H2,2H3,(H,24,26)/b13-8+/t14-,15+/m1/s1. The van der Waals surface area contributed by atoms with Crippen molar-refractivity contribution in [1.82, 2.24) is 24.9 Å². The highest BCUT2D eigenvalue weighted by molar-refractivity contribution is 5.87. The minimum absolute atomic E-state index is 0.107. The number of rotatable bonds is 6. The SMILES string of the molecule is C=C/C(=C\NC)c1ncn2nc(N[C@H]3CCOC[C@H]3F)nc2c1N1CC2(CC2)C1. The Balaban J connectivity index is 1.53. The van der Waals surface area contributed by atoms with E-state index in [1.54, 1.807) is 16.9 Å². The molecule has 2 aromatic heterocycles. The first-order chi connectivity index (χ1) is 14.1. The zero-order valence-electron chi connectivity index (χ0n) is 16.6. The van der Waals surface area contributed by atoms with Crippen LogP contribution in [0, 0.1) is 5.41 Å². The largest absolute Gasteiger partial charge is 0.393 e. The fourth-order valence-electron chi connectivity index (χ4n) is 4.23. The van der Waals surface area contributed by atoms with Crippen LogP contribution in [0.2, 0.25) is 0 Å². The van der Waals surface area contributed by atoms with Crippen LogP contribution in [0.5, 0.6) is 0 Å². The van der Waals surface area contributed by atoms with E-state index in [9.17, 15) is 4.39 Å². The van der Waals surface area contributed by atoms with Crippen molar-refractivity contribution < 1.29 is 9.13 Å². The molecule has 0 radical (unpaired) electrons. The van der Waals surface area contributed by atoms with Gasteiger partial charge in [0.25, 0.3) is 0 Å². The van der Waals surface area contributed by atoms with Gasteiger partial charge in [-0.25, -0.2) is 9.37 Å². The average molecular weight is 399 g/mol. The summed E-state index contributed by atoms with van der Waals surface area (Å²) in [6, 6.07) is -0.344. The first-order valence-corrected chi connectivity index (χ1v) is 10.1. The quantitative estimate of drug-likeness (QED) is 0.720. The molecule has 2 saturated heterocycles. The Kier molecular flexibility index (Phi) is 4.42. The van der Waals surface area contributed by atoms with Crippen LogP contribution in [-0.2, 0) is 4.74 Å². The van der Waals surface area contributed by atoms with Gasteiger partial charge in [0.15, 0.2) is 5.65 Å². The molecule has 2 aliphatic heterocycles. The summed E-state index contributed by atoms with van der Waals surface area (Å²) in [7, 11) is 1.85. The average Bonchev–Trinajstić information content (AvgIpc) is 3.39. The van der Waals surface area contributed by atoms with E-state index in [0.29, 0.717) is 24.4 Å². The lowest BCUT2D eigenvalue weighted by molar-refractivity contribution is 0.0284. The fraction of sp³-hybridized carbons (Fsp3) is 0.550. The van der Waals surface area contributed by atoms with Crippen molar-refractivity contribution in [3.05, 3.63) is 30.9 Å². The summed E-state index contributed by atoms with van der Waals surface area (Å²) in [6.45, 7) is 6.60. The molecule has 1 aliphatic carbocycles. The van der Waals surface area contributed by atoms with Crippen molar-refractivity contribution in [2.24, 2.45) is 5.41 Å². The number of halogens is 1. The van der Waals surface area contributed by atoms with E-state index in [1.807, 2.05) is 13.2 Å². The van der Waals surface area contributed by atoms with Gasteiger partial charge in [-0.15, -0.1) is 5.10 Å². The summed E-state index contributed by atoms with van der Waals surface area (Å²) in [5, 5.41) is 10.7. The van der Waals surface area contributed by atoms with Crippen LogP contribution in [0.15, 0.2) is 25.2 Å². The molecule has 0 bridgehead atoms. The molecule has 4 heterocycles. The highest BCUT2D eigenvalue weighted by atomic mass is 19.1. The summed E-state index contributed by atoms with van der Waals surface area (Å²) in [4.78, 5) is 11.7. The number of anilines is 2. The van der Waals surface area contributed by atoms with E-state index in [1.165, 1.54) is 12.8 Å². The molecule has 154 valence electrons. The summed E-state index contributed by atoms with van der Waals surface area (Å²) in [5.41, 5.74) is 3.88. The normalized spacial score (nSPS) is 25.7. The topological polar surface area (TPSA) is 79.6 Å². The zero-order chi connectivity index (χ0) is 20.0. The maximum Gasteiger partial charge on any atom is 0.243 e. The van der Waals surface area contributed by atoms with Gasteiger partial charge >= 0.3 is 0 Å². The number of nitrogens with zero attached hydrogens (tertiary/aromatic N) is 5. The molecule has 0 aromatic carbocycles. The van der Waals surface area contributed by atoms with Gasteiger partial charge < -0.3 is 20.3 Å². The minimum atomic E-state index is -1.07. The van der Waals surface area contributed by atoms with Crippen LogP contribution in [0.4, 0.5) is 16.0 Å². The number of allylic oxidation sites excluding steroid dienone is 2. The molecule has 2 aromatic rings. The lowest BCUT2D eigenvalue weighted by Gasteiger charge is -2.42. The van der Waals surface area contributed by atoms with E-state index >= 15 is 0 Å². The maximum absolute atomic E-state index is 14.2. The van der Waals surface area contributed by atoms with Crippen LogP contribution in [0.3, 0.4) is 0 Å². The minimum Gasteiger partial charge on any atom is -0.393 e. The number of alkyl halides is 1. The molecular formula is C20H26FN7O. The third-order valence-corrected chi connectivity index (χ3v) is 6.08.